The largest absolute Gasteiger partial charge is 0.480 e. The molecule has 7 nitrogen and oxygen atoms in total. The summed E-state index contributed by atoms with van der Waals surface area (Å²) < 4.78 is 25.1. The molecular formula is C11H11N3O4S. The van der Waals surface area contributed by atoms with E-state index in [1.807, 2.05) is 0 Å². The lowest BCUT2D eigenvalue weighted by Gasteiger charge is -2.18. The van der Waals surface area contributed by atoms with Crippen molar-refractivity contribution in [1.82, 2.24) is 9.29 Å². The minimum absolute atomic E-state index is 0.0763. The maximum Gasteiger partial charge on any atom is 0.318 e. The van der Waals surface area contributed by atoms with Gasteiger partial charge in [0, 0.05) is 12.7 Å². The standard InChI is InChI=1S/C11H11N3O4S/c1-2-5-14(8-11(15)16)19(17,18)10-4-3-9(6-12)13-7-10/h2-4,7H,1,5,8H2,(H,15,16). The zero-order valence-corrected chi connectivity index (χ0v) is 10.7. The smallest absolute Gasteiger partial charge is 0.318 e. The Bertz CT molecular complexity index is 616. The fourth-order valence-corrected chi connectivity index (χ4v) is 2.60. The van der Waals surface area contributed by atoms with Gasteiger partial charge >= 0.3 is 5.97 Å². The predicted molar refractivity (Wildman–Crippen MR) is 65.5 cm³/mol. The topological polar surface area (TPSA) is 111 Å². The second-order valence-electron chi connectivity index (χ2n) is 3.47. The van der Waals surface area contributed by atoms with Crippen molar-refractivity contribution in [2.75, 3.05) is 13.1 Å². The quantitative estimate of drug-likeness (QED) is 0.746. The molecule has 8 heteroatoms. The van der Waals surface area contributed by atoms with E-state index in [1.54, 1.807) is 6.07 Å². The first-order chi connectivity index (χ1) is 8.91. The highest BCUT2D eigenvalue weighted by Gasteiger charge is 2.25. The number of nitriles is 1. The molecule has 0 atom stereocenters. The Morgan fingerprint density at radius 3 is 2.68 bits per heavy atom. The van der Waals surface area contributed by atoms with Gasteiger partial charge in [-0.25, -0.2) is 13.4 Å². The van der Waals surface area contributed by atoms with E-state index in [4.69, 9.17) is 10.4 Å². The summed E-state index contributed by atoms with van der Waals surface area (Å²) in [4.78, 5) is 14.1. The third kappa shape index (κ3) is 3.61. The van der Waals surface area contributed by atoms with Crippen molar-refractivity contribution >= 4 is 16.0 Å². The van der Waals surface area contributed by atoms with Crippen molar-refractivity contribution in [1.29, 1.82) is 5.26 Å². The molecule has 1 rings (SSSR count). The highest BCUT2D eigenvalue weighted by molar-refractivity contribution is 7.89. The van der Waals surface area contributed by atoms with Crippen molar-refractivity contribution < 1.29 is 18.3 Å². The number of hydrogen-bond acceptors (Lipinski definition) is 5. The lowest BCUT2D eigenvalue weighted by Crippen LogP contribution is -2.35. The highest BCUT2D eigenvalue weighted by atomic mass is 32.2. The molecule has 0 aromatic carbocycles. The van der Waals surface area contributed by atoms with Gasteiger partial charge in [0.25, 0.3) is 0 Å². The van der Waals surface area contributed by atoms with Gasteiger partial charge in [-0.15, -0.1) is 6.58 Å². The molecule has 1 aromatic heterocycles. The van der Waals surface area contributed by atoms with Crippen LogP contribution in [0.3, 0.4) is 0 Å². The molecule has 0 aliphatic rings. The van der Waals surface area contributed by atoms with E-state index in [2.05, 4.69) is 11.6 Å². The molecule has 0 spiro atoms. The van der Waals surface area contributed by atoms with E-state index in [-0.39, 0.29) is 17.1 Å². The number of sulfonamides is 1. The second kappa shape index (κ2) is 6.08. The molecule has 100 valence electrons. The van der Waals surface area contributed by atoms with Crippen LogP contribution in [-0.2, 0) is 14.8 Å². The first-order valence-corrected chi connectivity index (χ1v) is 6.55. The Balaban J connectivity index is 3.14. The normalized spacial score (nSPS) is 10.9. The number of carboxylic acid groups (broad SMARTS) is 1. The van der Waals surface area contributed by atoms with E-state index >= 15 is 0 Å². The molecular weight excluding hydrogens is 270 g/mol. The molecule has 0 fully saturated rings. The third-order valence-corrected chi connectivity index (χ3v) is 3.93. The lowest BCUT2D eigenvalue weighted by atomic mass is 10.4. The van der Waals surface area contributed by atoms with E-state index < -0.39 is 22.5 Å². The summed E-state index contributed by atoms with van der Waals surface area (Å²) in [6.45, 7) is 2.58. The predicted octanol–water partition coefficient (Wildman–Crippen LogP) is 0.215. The van der Waals surface area contributed by atoms with Crippen LogP contribution in [0.2, 0.25) is 0 Å². The number of rotatable bonds is 6. The number of hydrogen-bond donors (Lipinski definition) is 1. The maximum absolute atomic E-state index is 12.1. The lowest BCUT2D eigenvalue weighted by molar-refractivity contribution is -0.137. The number of nitrogens with zero attached hydrogens (tertiary/aromatic N) is 3. The number of aromatic nitrogens is 1. The van der Waals surface area contributed by atoms with Crippen LogP contribution >= 0.6 is 0 Å². The molecule has 0 aliphatic carbocycles. The van der Waals surface area contributed by atoms with Gasteiger partial charge in [0.2, 0.25) is 10.0 Å². The van der Waals surface area contributed by atoms with Crippen molar-refractivity contribution in [3.63, 3.8) is 0 Å². The molecule has 0 bridgehead atoms. The Morgan fingerprint density at radius 1 is 1.58 bits per heavy atom. The zero-order chi connectivity index (χ0) is 14.5. The van der Waals surface area contributed by atoms with Gasteiger partial charge in [-0.05, 0) is 12.1 Å². The molecule has 19 heavy (non-hydrogen) atoms. The highest BCUT2D eigenvalue weighted by Crippen LogP contribution is 2.14. The van der Waals surface area contributed by atoms with E-state index in [0.29, 0.717) is 0 Å². The van der Waals surface area contributed by atoms with Crippen LogP contribution in [0.1, 0.15) is 5.69 Å². The van der Waals surface area contributed by atoms with Crippen LogP contribution in [0.5, 0.6) is 0 Å². The first-order valence-electron chi connectivity index (χ1n) is 5.11. The molecule has 0 radical (unpaired) electrons. The summed E-state index contributed by atoms with van der Waals surface area (Å²) in [6, 6.07) is 4.22. The maximum atomic E-state index is 12.1. The summed E-state index contributed by atoms with van der Waals surface area (Å²) in [5, 5.41) is 17.3. The van der Waals surface area contributed by atoms with Gasteiger partial charge in [0.15, 0.2) is 0 Å². The van der Waals surface area contributed by atoms with E-state index in [0.717, 1.165) is 10.5 Å². The number of pyridine rings is 1. The molecule has 0 saturated heterocycles. The van der Waals surface area contributed by atoms with Crippen molar-refractivity contribution in [2.45, 2.75) is 4.90 Å². The van der Waals surface area contributed by atoms with E-state index in [1.165, 1.54) is 18.2 Å². The van der Waals surface area contributed by atoms with E-state index in [9.17, 15) is 13.2 Å². The third-order valence-electron chi connectivity index (χ3n) is 2.13. The molecule has 0 aliphatic heterocycles. The average Bonchev–Trinajstić information content (AvgIpc) is 2.38. The Hall–Kier alpha value is -2.24. The van der Waals surface area contributed by atoms with Crippen LogP contribution < -0.4 is 0 Å². The summed E-state index contributed by atoms with van der Waals surface area (Å²) >= 11 is 0. The minimum atomic E-state index is -3.97. The molecule has 1 heterocycles. The van der Waals surface area contributed by atoms with Crippen LogP contribution in [0.25, 0.3) is 0 Å². The summed E-state index contributed by atoms with van der Waals surface area (Å²) in [5.74, 6) is -1.27. The van der Waals surface area contributed by atoms with Gasteiger partial charge in [-0.1, -0.05) is 6.08 Å². The van der Waals surface area contributed by atoms with Gasteiger partial charge in [0.05, 0.1) is 0 Å². The Kier molecular flexibility index (Phi) is 4.74. The van der Waals surface area contributed by atoms with Crippen molar-refractivity contribution in [3.8, 4) is 6.07 Å². The summed E-state index contributed by atoms with van der Waals surface area (Å²) in [6.07, 6.45) is 2.31. The molecule has 0 unspecified atom stereocenters. The SMILES string of the molecule is C=CCN(CC(=O)O)S(=O)(=O)c1ccc(C#N)nc1. The average molecular weight is 281 g/mol. The zero-order valence-electron chi connectivity index (χ0n) is 9.85. The van der Waals surface area contributed by atoms with Crippen LogP contribution in [0.4, 0.5) is 0 Å². The van der Waals surface area contributed by atoms with Gasteiger partial charge in [0.1, 0.15) is 23.2 Å². The fourth-order valence-electron chi connectivity index (χ4n) is 1.29. The summed E-state index contributed by atoms with van der Waals surface area (Å²) in [5.41, 5.74) is 0.0763. The van der Waals surface area contributed by atoms with Gasteiger partial charge in [-0.3, -0.25) is 4.79 Å². The van der Waals surface area contributed by atoms with Crippen LogP contribution in [0, 0.1) is 11.3 Å². The van der Waals surface area contributed by atoms with Crippen LogP contribution in [0.15, 0.2) is 35.9 Å². The van der Waals surface area contributed by atoms with Gasteiger partial charge in [-0.2, -0.15) is 9.57 Å². The number of carboxylic acids is 1. The number of carbonyl (C=O) groups is 1. The molecule has 0 saturated carbocycles. The fraction of sp³-hybridized carbons (Fsp3) is 0.182. The molecule has 1 aromatic rings. The monoisotopic (exact) mass is 281 g/mol. The molecule has 1 N–H and O–H groups in total. The Morgan fingerprint density at radius 2 is 2.26 bits per heavy atom. The second-order valence-corrected chi connectivity index (χ2v) is 5.41. The minimum Gasteiger partial charge on any atom is -0.480 e. The summed E-state index contributed by atoms with van der Waals surface area (Å²) in [7, 11) is -3.97. The number of aliphatic carboxylic acids is 1. The van der Waals surface area contributed by atoms with Crippen LogP contribution in [-0.4, -0.2) is 41.9 Å². The van der Waals surface area contributed by atoms with Gasteiger partial charge < -0.3 is 5.11 Å². The molecule has 0 amide bonds. The Labute approximate surface area is 110 Å². The van der Waals surface area contributed by atoms with Crippen molar-refractivity contribution in [2.24, 2.45) is 0 Å². The van der Waals surface area contributed by atoms with Crippen molar-refractivity contribution in [3.05, 3.63) is 36.7 Å². The first kappa shape index (κ1) is 14.8.